The van der Waals surface area contributed by atoms with Crippen molar-refractivity contribution >= 4 is 17.6 Å². The van der Waals surface area contributed by atoms with Crippen LogP contribution in [0.4, 0.5) is 0 Å². The zero-order chi connectivity index (χ0) is 26.1. The highest BCUT2D eigenvalue weighted by molar-refractivity contribution is 6.00. The molecular formula is C29H32N2O5. The van der Waals surface area contributed by atoms with Gasteiger partial charge in [0.15, 0.2) is 6.61 Å². The van der Waals surface area contributed by atoms with Gasteiger partial charge in [0, 0.05) is 19.7 Å². The number of ether oxygens (including phenoxy) is 1. The zero-order valence-corrected chi connectivity index (χ0v) is 21.1. The Morgan fingerprint density at radius 1 is 0.917 bits per heavy atom. The van der Waals surface area contributed by atoms with Gasteiger partial charge in [0.2, 0.25) is 0 Å². The quantitative estimate of drug-likeness (QED) is 0.220. The number of carboxylic acid groups (broad SMARTS) is 1. The molecule has 0 aliphatic rings. The maximum atomic E-state index is 12.1. The third-order valence-corrected chi connectivity index (χ3v) is 5.77. The van der Waals surface area contributed by atoms with Gasteiger partial charge in [-0.2, -0.15) is 0 Å². The van der Waals surface area contributed by atoms with E-state index in [0.717, 1.165) is 22.4 Å². The smallest absolute Gasteiger partial charge is 0.310 e. The van der Waals surface area contributed by atoms with Gasteiger partial charge in [0.1, 0.15) is 12.4 Å². The molecular weight excluding hydrogens is 456 g/mol. The van der Waals surface area contributed by atoms with E-state index in [4.69, 9.17) is 9.57 Å². The Hall–Kier alpha value is -4.13. The molecule has 0 radical (unpaired) electrons. The molecule has 1 atom stereocenters. The molecule has 0 bridgehead atoms. The molecule has 36 heavy (non-hydrogen) atoms. The predicted molar refractivity (Wildman–Crippen MR) is 141 cm³/mol. The van der Waals surface area contributed by atoms with E-state index in [9.17, 15) is 14.7 Å². The monoisotopic (exact) mass is 488 g/mol. The van der Waals surface area contributed by atoms with Crippen molar-refractivity contribution < 1.29 is 24.3 Å². The van der Waals surface area contributed by atoms with Crippen LogP contribution in [-0.4, -0.2) is 54.9 Å². The standard InChI is InChI=1S/C29H32N2O5/c1-5-27(30-36-18-17-35-26-8-6-7-25(19-26)20(2)29(33)34)23-13-9-21(10-14-23)22-11-15-24(16-12-22)28(32)31(3)4/h6-16,19-20H,5,17-18H2,1-4H3,(H,33,34)/b30-27+. The number of nitrogens with zero attached hydrogens (tertiary/aromatic N) is 2. The van der Waals surface area contributed by atoms with Crippen LogP contribution in [0.25, 0.3) is 11.1 Å². The molecule has 1 N–H and O–H groups in total. The Bertz CT molecular complexity index is 1200. The van der Waals surface area contributed by atoms with Crippen LogP contribution in [0.3, 0.4) is 0 Å². The van der Waals surface area contributed by atoms with E-state index in [-0.39, 0.29) is 19.1 Å². The Morgan fingerprint density at radius 2 is 1.53 bits per heavy atom. The molecule has 0 heterocycles. The van der Waals surface area contributed by atoms with E-state index in [1.165, 1.54) is 0 Å². The molecule has 0 spiro atoms. The van der Waals surface area contributed by atoms with Gasteiger partial charge in [-0.15, -0.1) is 0 Å². The highest BCUT2D eigenvalue weighted by Gasteiger charge is 2.14. The van der Waals surface area contributed by atoms with Crippen molar-refractivity contribution in [3.05, 3.63) is 89.5 Å². The second kappa shape index (κ2) is 12.5. The highest BCUT2D eigenvalue weighted by atomic mass is 16.6. The summed E-state index contributed by atoms with van der Waals surface area (Å²) in [5, 5.41) is 13.5. The maximum Gasteiger partial charge on any atom is 0.310 e. The number of benzene rings is 3. The molecule has 1 amide bonds. The van der Waals surface area contributed by atoms with Crippen molar-refractivity contribution in [1.82, 2.24) is 4.90 Å². The van der Waals surface area contributed by atoms with Gasteiger partial charge >= 0.3 is 5.97 Å². The van der Waals surface area contributed by atoms with E-state index < -0.39 is 11.9 Å². The van der Waals surface area contributed by atoms with E-state index >= 15 is 0 Å². The molecule has 0 saturated heterocycles. The van der Waals surface area contributed by atoms with Crippen molar-refractivity contribution in [2.24, 2.45) is 5.16 Å². The third-order valence-electron chi connectivity index (χ3n) is 5.77. The number of hydrogen-bond donors (Lipinski definition) is 1. The lowest BCUT2D eigenvalue weighted by Crippen LogP contribution is -2.21. The Kier molecular flexibility index (Phi) is 9.22. The summed E-state index contributed by atoms with van der Waals surface area (Å²) < 4.78 is 5.69. The first kappa shape index (κ1) is 26.5. The first-order valence-corrected chi connectivity index (χ1v) is 11.9. The summed E-state index contributed by atoms with van der Waals surface area (Å²) >= 11 is 0. The van der Waals surface area contributed by atoms with Gasteiger partial charge in [0.05, 0.1) is 11.6 Å². The van der Waals surface area contributed by atoms with Crippen molar-refractivity contribution in [2.45, 2.75) is 26.2 Å². The van der Waals surface area contributed by atoms with Crippen molar-refractivity contribution in [1.29, 1.82) is 0 Å². The van der Waals surface area contributed by atoms with Crippen LogP contribution >= 0.6 is 0 Å². The lowest BCUT2D eigenvalue weighted by molar-refractivity contribution is -0.138. The molecule has 0 saturated carbocycles. The molecule has 3 rings (SSSR count). The second-order valence-electron chi connectivity index (χ2n) is 8.56. The minimum Gasteiger partial charge on any atom is -0.490 e. The van der Waals surface area contributed by atoms with Gasteiger partial charge < -0.3 is 19.6 Å². The molecule has 0 aliphatic carbocycles. The summed E-state index contributed by atoms with van der Waals surface area (Å²) in [7, 11) is 3.48. The minimum absolute atomic E-state index is 0.0209. The number of rotatable bonds is 11. The molecule has 7 nitrogen and oxygen atoms in total. The van der Waals surface area contributed by atoms with Crippen LogP contribution in [0.15, 0.2) is 78.0 Å². The second-order valence-corrected chi connectivity index (χ2v) is 8.56. The number of aliphatic carboxylic acids is 1. The van der Waals surface area contributed by atoms with Crippen LogP contribution in [0.2, 0.25) is 0 Å². The fraction of sp³-hybridized carbons (Fsp3) is 0.276. The Morgan fingerprint density at radius 3 is 2.08 bits per heavy atom. The molecule has 7 heteroatoms. The number of carboxylic acids is 1. The molecule has 0 aromatic heterocycles. The van der Waals surface area contributed by atoms with Gasteiger partial charge in [-0.1, -0.05) is 60.6 Å². The first-order chi connectivity index (χ1) is 17.3. The number of carbonyl (C=O) groups excluding carboxylic acids is 1. The lowest BCUT2D eigenvalue weighted by Gasteiger charge is -2.11. The van der Waals surface area contributed by atoms with Crippen LogP contribution in [-0.2, 0) is 9.63 Å². The van der Waals surface area contributed by atoms with Crippen molar-refractivity contribution in [2.75, 3.05) is 27.3 Å². The van der Waals surface area contributed by atoms with Gasteiger partial charge in [-0.25, -0.2) is 0 Å². The fourth-order valence-corrected chi connectivity index (χ4v) is 3.58. The third kappa shape index (κ3) is 6.95. The predicted octanol–water partition coefficient (Wildman–Crippen LogP) is 5.45. The van der Waals surface area contributed by atoms with Crippen LogP contribution in [0.1, 0.15) is 47.7 Å². The molecule has 0 aliphatic heterocycles. The molecule has 3 aromatic carbocycles. The Labute approximate surface area is 212 Å². The zero-order valence-electron chi connectivity index (χ0n) is 21.1. The average molecular weight is 489 g/mol. The van der Waals surface area contributed by atoms with E-state index in [1.807, 2.05) is 55.5 Å². The minimum atomic E-state index is -0.876. The number of hydrogen-bond acceptors (Lipinski definition) is 5. The van der Waals surface area contributed by atoms with Gasteiger partial charge in [-0.05, 0) is 59.9 Å². The largest absolute Gasteiger partial charge is 0.490 e. The molecule has 0 fully saturated rings. The summed E-state index contributed by atoms with van der Waals surface area (Å²) in [6.07, 6.45) is 0.705. The normalized spacial score (nSPS) is 12.1. The van der Waals surface area contributed by atoms with E-state index in [0.29, 0.717) is 23.3 Å². The van der Waals surface area contributed by atoms with E-state index in [1.54, 1.807) is 50.2 Å². The first-order valence-electron chi connectivity index (χ1n) is 11.9. The summed E-state index contributed by atoms with van der Waals surface area (Å²) in [5.74, 6) is -0.898. The van der Waals surface area contributed by atoms with E-state index in [2.05, 4.69) is 5.16 Å². The topological polar surface area (TPSA) is 88.4 Å². The molecule has 188 valence electrons. The maximum absolute atomic E-state index is 12.1. The van der Waals surface area contributed by atoms with Gasteiger partial charge in [-0.3, -0.25) is 9.59 Å². The van der Waals surface area contributed by atoms with Crippen LogP contribution in [0.5, 0.6) is 5.75 Å². The van der Waals surface area contributed by atoms with Crippen LogP contribution in [0, 0.1) is 0 Å². The van der Waals surface area contributed by atoms with Crippen molar-refractivity contribution in [3.63, 3.8) is 0 Å². The average Bonchev–Trinajstić information content (AvgIpc) is 2.90. The fourth-order valence-electron chi connectivity index (χ4n) is 3.58. The summed E-state index contributed by atoms with van der Waals surface area (Å²) in [5.41, 5.74) is 5.22. The van der Waals surface area contributed by atoms with Gasteiger partial charge in [0.25, 0.3) is 5.91 Å². The summed E-state index contributed by atoms with van der Waals surface area (Å²) in [6.45, 7) is 4.21. The lowest BCUT2D eigenvalue weighted by atomic mass is 10.0. The number of amides is 1. The van der Waals surface area contributed by atoms with Crippen molar-refractivity contribution in [3.8, 4) is 16.9 Å². The summed E-state index contributed by atoms with van der Waals surface area (Å²) in [6, 6.07) is 22.7. The molecule has 1 unspecified atom stereocenters. The Balaban J connectivity index is 1.55. The molecule has 3 aromatic rings. The SMILES string of the molecule is CC/C(=N\OCCOc1cccc(C(C)C(=O)O)c1)c1ccc(-c2ccc(C(=O)N(C)C)cc2)cc1. The number of oxime groups is 1. The van der Waals surface area contributed by atoms with Crippen LogP contribution < -0.4 is 4.74 Å². The highest BCUT2D eigenvalue weighted by Crippen LogP contribution is 2.22. The summed E-state index contributed by atoms with van der Waals surface area (Å²) in [4.78, 5) is 30.3. The number of carbonyl (C=O) groups is 2.